The van der Waals surface area contributed by atoms with E-state index in [2.05, 4.69) is 26.8 Å². The van der Waals surface area contributed by atoms with E-state index in [4.69, 9.17) is 0 Å². The fourth-order valence-electron chi connectivity index (χ4n) is 0.460. The van der Waals surface area contributed by atoms with Gasteiger partial charge in [0, 0.05) is 0 Å². The standard InChI is InChI=1S/C10H15/c1-5-10(4)8-6-7-9(2)3/h5-8H,1H2,2-4H3/b8-6+,10-5+. The number of rotatable bonds is 2. The van der Waals surface area contributed by atoms with Crippen molar-refractivity contribution in [1.29, 1.82) is 0 Å². The van der Waals surface area contributed by atoms with Gasteiger partial charge in [-0.2, -0.15) is 0 Å². The molecule has 0 saturated carbocycles. The zero-order valence-corrected chi connectivity index (χ0v) is 7.02. The van der Waals surface area contributed by atoms with Crippen LogP contribution in [0.2, 0.25) is 0 Å². The predicted octanol–water partition coefficient (Wildman–Crippen LogP) is 3.29. The first-order chi connectivity index (χ1) is 4.66. The summed E-state index contributed by atoms with van der Waals surface area (Å²) in [5, 5.41) is 0. The molecular weight excluding hydrogens is 120 g/mol. The van der Waals surface area contributed by atoms with Crippen LogP contribution in [-0.4, -0.2) is 0 Å². The van der Waals surface area contributed by atoms with Crippen molar-refractivity contribution < 1.29 is 0 Å². The van der Waals surface area contributed by atoms with Crippen molar-refractivity contribution in [3.05, 3.63) is 42.4 Å². The second-order valence-corrected chi connectivity index (χ2v) is 2.55. The molecule has 0 aliphatic carbocycles. The zero-order valence-electron chi connectivity index (χ0n) is 7.02. The van der Waals surface area contributed by atoms with Gasteiger partial charge in [-0.25, -0.2) is 0 Å². The van der Waals surface area contributed by atoms with Gasteiger partial charge in [-0.05, 0) is 27.7 Å². The van der Waals surface area contributed by atoms with Crippen LogP contribution in [-0.2, 0) is 0 Å². The van der Waals surface area contributed by atoms with Gasteiger partial charge >= 0.3 is 0 Å². The molecule has 0 heterocycles. The number of hydrogen-bond donors (Lipinski definition) is 0. The van der Waals surface area contributed by atoms with Gasteiger partial charge in [0.25, 0.3) is 0 Å². The average Bonchev–Trinajstić information content (AvgIpc) is 1.87. The van der Waals surface area contributed by atoms with E-state index in [-0.39, 0.29) is 0 Å². The predicted molar refractivity (Wildman–Crippen MR) is 47.7 cm³/mol. The second-order valence-electron chi connectivity index (χ2n) is 2.55. The minimum absolute atomic E-state index is 1.19. The van der Waals surface area contributed by atoms with Gasteiger partial charge in [0.05, 0.1) is 0 Å². The van der Waals surface area contributed by atoms with Gasteiger partial charge < -0.3 is 0 Å². The molecule has 0 bridgehead atoms. The van der Waals surface area contributed by atoms with E-state index in [0.29, 0.717) is 0 Å². The summed E-state index contributed by atoms with van der Waals surface area (Å²) in [5.74, 6) is 0. The molecule has 10 heavy (non-hydrogen) atoms. The highest BCUT2D eigenvalue weighted by Gasteiger charge is 1.74. The quantitative estimate of drug-likeness (QED) is 0.510. The minimum atomic E-state index is 1.19. The molecule has 0 unspecified atom stereocenters. The first kappa shape index (κ1) is 9.22. The molecule has 0 saturated heterocycles. The third-order valence-electron chi connectivity index (χ3n) is 1.11. The van der Waals surface area contributed by atoms with Crippen LogP contribution in [0.15, 0.2) is 35.5 Å². The van der Waals surface area contributed by atoms with E-state index in [1.54, 1.807) is 0 Å². The molecule has 0 nitrogen and oxygen atoms in total. The summed E-state index contributed by atoms with van der Waals surface area (Å²) in [6, 6.07) is 0. The zero-order chi connectivity index (χ0) is 7.98. The van der Waals surface area contributed by atoms with Crippen molar-refractivity contribution in [2.24, 2.45) is 0 Å². The molecule has 0 atom stereocenters. The maximum Gasteiger partial charge on any atom is -0.0310 e. The van der Waals surface area contributed by atoms with Crippen LogP contribution >= 0.6 is 0 Å². The van der Waals surface area contributed by atoms with E-state index < -0.39 is 0 Å². The molecule has 0 amide bonds. The van der Waals surface area contributed by atoms with Crippen molar-refractivity contribution >= 4 is 0 Å². The highest BCUT2D eigenvalue weighted by atomic mass is 13.8. The van der Waals surface area contributed by atoms with Gasteiger partial charge in [0.2, 0.25) is 0 Å². The second kappa shape index (κ2) is 5.04. The van der Waals surface area contributed by atoms with Gasteiger partial charge in [-0.3, -0.25) is 0 Å². The lowest BCUT2D eigenvalue weighted by Crippen LogP contribution is -1.64. The van der Waals surface area contributed by atoms with Crippen LogP contribution < -0.4 is 0 Å². The summed E-state index contributed by atoms with van der Waals surface area (Å²) in [4.78, 5) is 0. The van der Waals surface area contributed by atoms with Crippen LogP contribution in [0.5, 0.6) is 0 Å². The Balaban J connectivity index is 3.90. The highest BCUT2D eigenvalue weighted by molar-refractivity contribution is 5.21. The fourth-order valence-corrected chi connectivity index (χ4v) is 0.460. The van der Waals surface area contributed by atoms with Crippen LogP contribution in [0.1, 0.15) is 20.8 Å². The summed E-state index contributed by atoms with van der Waals surface area (Å²) in [7, 11) is 0. The van der Waals surface area contributed by atoms with Crippen molar-refractivity contribution in [3.8, 4) is 0 Å². The van der Waals surface area contributed by atoms with E-state index >= 15 is 0 Å². The van der Waals surface area contributed by atoms with E-state index in [0.717, 1.165) is 0 Å². The third-order valence-corrected chi connectivity index (χ3v) is 1.11. The fraction of sp³-hybridized carbons (Fsp3) is 0.300. The molecule has 0 N–H and O–H groups in total. The Morgan fingerprint density at radius 2 is 1.80 bits per heavy atom. The van der Waals surface area contributed by atoms with Crippen LogP contribution in [0.3, 0.4) is 0 Å². The molecule has 1 radical (unpaired) electrons. The molecule has 0 spiro atoms. The molecule has 0 aromatic carbocycles. The van der Waals surface area contributed by atoms with Gasteiger partial charge in [-0.1, -0.05) is 35.5 Å². The van der Waals surface area contributed by atoms with Crippen LogP contribution in [0, 0.1) is 6.92 Å². The van der Waals surface area contributed by atoms with E-state index in [9.17, 15) is 0 Å². The minimum Gasteiger partial charge on any atom is -0.0813 e. The van der Waals surface area contributed by atoms with Gasteiger partial charge in [-0.15, -0.1) is 0 Å². The topological polar surface area (TPSA) is 0 Å². The molecule has 0 aliphatic heterocycles. The molecule has 0 fully saturated rings. The lowest BCUT2D eigenvalue weighted by Gasteiger charge is -1.85. The van der Waals surface area contributed by atoms with E-state index in [1.165, 1.54) is 11.1 Å². The Morgan fingerprint density at radius 1 is 1.20 bits per heavy atom. The maximum atomic E-state index is 3.65. The Bertz CT molecular complexity index is 164. The largest absolute Gasteiger partial charge is 0.0813 e. The number of allylic oxidation sites excluding steroid dienone is 6. The Labute approximate surface area is 64.0 Å². The molecule has 0 heteroatoms. The summed E-state index contributed by atoms with van der Waals surface area (Å²) in [5.41, 5.74) is 2.51. The molecule has 55 valence electrons. The SMILES string of the molecule is [CH2]/C=C(C)/C=C/C=C(C)C. The van der Waals surface area contributed by atoms with Crippen molar-refractivity contribution in [2.45, 2.75) is 20.8 Å². The molecule has 0 aromatic heterocycles. The van der Waals surface area contributed by atoms with Crippen LogP contribution in [0.25, 0.3) is 0 Å². The Kier molecular flexibility index (Phi) is 4.65. The van der Waals surface area contributed by atoms with E-state index in [1.807, 2.05) is 25.2 Å². The first-order valence-electron chi connectivity index (χ1n) is 3.44. The smallest absolute Gasteiger partial charge is 0.0310 e. The van der Waals surface area contributed by atoms with Crippen molar-refractivity contribution in [3.63, 3.8) is 0 Å². The number of hydrogen-bond acceptors (Lipinski definition) is 0. The Hall–Kier alpha value is -0.780. The Morgan fingerprint density at radius 3 is 2.20 bits per heavy atom. The third kappa shape index (κ3) is 5.36. The normalized spacial score (nSPS) is 12.2. The molecule has 0 rings (SSSR count). The maximum absolute atomic E-state index is 3.65. The summed E-state index contributed by atoms with van der Waals surface area (Å²) >= 11 is 0. The molecule has 0 aromatic rings. The van der Waals surface area contributed by atoms with Crippen LogP contribution in [0.4, 0.5) is 0 Å². The van der Waals surface area contributed by atoms with Gasteiger partial charge in [0.1, 0.15) is 0 Å². The lowest BCUT2D eigenvalue weighted by atomic mass is 10.2. The van der Waals surface area contributed by atoms with Crippen molar-refractivity contribution in [2.75, 3.05) is 0 Å². The summed E-state index contributed by atoms with van der Waals surface area (Å²) < 4.78 is 0. The molecule has 0 aliphatic rings. The summed E-state index contributed by atoms with van der Waals surface area (Å²) in [6.45, 7) is 9.83. The first-order valence-corrected chi connectivity index (χ1v) is 3.44. The summed E-state index contributed by atoms with van der Waals surface area (Å²) in [6.07, 6.45) is 7.99. The molecular formula is C10H15. The average molecular weight is 135 g/mol. The highest BCUT2D eigenvalue weighted by Crippen LogP contribution is 1.95. The van der Waals surface area contributed by atoms with Gasteiger partial charge in [0.15, 0.2) is 0 Å². The van der Waals surface area contributed by atoms with Crippen molar-refractivity contribution in [1.82, 2.24) is 0 Å². The lowest BCUT2D eigenvalue weighted by molar-refractivity contribution is 1.39. The monoisotopic (exact) mass is 135 g/mol.